The van der Waals surface area contributed by atoms with Crippen LogP contribution >= 0.6 is 0 Å². The number of benzene rings is 1. The van der Waals surface area contributed by atoms with Crippen LogP contribution in [0.5, 0.6) is 0 Å². The predicted molar refractivity (Wildman–Crippen MR) is 71.9 cm³/mol. The van der Waals surface area contributed by atoms with Gasteiger partial charge in [-0.15, -0.1) is 0 Å². The summed E-state index contributed by atoms with van der Waals surface area (Å²) in [5.74, 6) is -0.557. The van der Waals surface area contributed by atoms with Crippen molar-refractivity contribution < 1.29 is 32.0 Å². The van der Waals surface area contributed by atoms with Crippen LogP contribution in [0.2, 0.25) is 0 Å². The lowest BCUT2D eigenvalue weighted by molar-refractivity contribution is -0.108. The van der Waals surface area contributed by atoms with Crippen LogP contribution < -0.4 is 0 Å². The van der Waals surface area contributed by atoms with Crippen LogP contribution in [0.15, 0.2) is 30.3 Å². The first kappa shape index (κ1) is 15.9. The van der Waals surface area contributed by atoms with Crippen LogP contribution in [0.3, 0.4) is 0 Å². The number of hydrogen-bond acceptors (Lipinski definition) is 7. The van der Waals surface area contributed by atoms with Crippen molar-refractivity contribution in [2.75, 3.05) is 12.9 Å². The summed E-state index contributed by atoms with van der Waals surface area (Å²) in [6.45, 7) is -0.203. The Morgan fingerprint density at radius 3 is 2.67 bits per heavy atom. The van der Waals surface area contributed by atoms with Crippen molar-refractivity contribution in [1.82, 2.24) is 0 Å². The van der Waals surface area contributed by atoms with E-state index >= 15 is 0 Å². The van der Waals surface area contributed by atoms with Gasteiger partial charge >= 0.3 is 5.97 Å². The molecule has 0 bridgehead atoms. The lowest BCUT2D eigenvalue weighted by Crippen LogP contribution is -2.32. The van der Waals surface area contributed by atoms with Crippen molar-refractivity contribution in [3.63, 3.8) is 0 Å². The van der Waals surface area contributed by atoms with E-state index in [0.717, 1.165) is 6.26 Å². The van der Waals surface area contributed by atoms with E-state index in [2.05, 4.69) is 0 Å². The molecule has 0 radical (unpaired) electrons. The predicted octanol–water partition coefficient (Wildman–Crippen LogP) is 0.295. The van der Waals surface area contributed by atoms with Crippen molar-refractivity contribution in [1.29, 1.82) is 0 Å². The van der Waals surface area contributed by atoms with Crippen LogP contribution in [-0.4, -0.2) is 50.9 Å². The van der Waals surface area contributed by atoms with Crippen LogP contribution in [0, 0.1) is 0 Å². The molecule has 1 heterocycles. The van der Waals surface area contributed by atoms with Gasteiger partial charge < -0.3 is 14.6 Å². The maximum absolute atomic E-state index is 11.8. The Bertz CT molecular complexity index is 584. The molecule has 0 saturated carbocycles. The first-order valence-electron chi connectivity index (χ1n) is 6.29. The van der Waals surface area contributed by atoms with Crippen molar-refractivity contribution in [3.8, 4) is 0 Å². The Morgan fingerprint density at radius 2 is 2.05 bits per heavy atom. The van der Waals surface area contributed by atoms with E-state index < -0.39 is 34.6 Å². The standard InChI is InChI=1S/C13H16O7S/c1-21(16,17)20-10-7-12(14)19-11(10)8-18-13(15)9-5-3-2-4-6-9/h2-6,10-12,14H,7-8H2,1H3/t10-,11+,12?/m0/s1. The summed E-state index contributed by atoms with van der Waals surface area (Å²) in [6, 6.07) is 8.35. The van der Waals surface area contributed by atoms with Crippen LogP contribution in [0.25, 0.3) is 0 Å². The number of aliphatic hydroxyl groups excluding tert-OH is 1. The van der Waals surface area contributed by atoms with Gasteiger partial charge in [0.25, 0.3) is 10.1 Å². The number of ether oxygens (including phenoxy) is 2. The highest BCUT2D eigenvalue weighted by atomic mass is 32.2. The fourth-order valence-corrected chi connectivity index (χ4v) is 2.63. The molecule has 0 amide bonds. The SMILES string of the molecule is CS(=O)(=O)O[C@H]1CC(O)O[C@@H]1COC(=O)c1ccccc1. The van der Waals surface area contributed by atoms with Gasteiger partial charge in [0.15, 0.2) is 6.29 Å². The number of carbonyl (C=O) groups is 1. The first-order valence-corrected chi connectivity index (χ1v) is 8.11. The number of aliphatic hydroxyl groups is 1. The Kier molecular flexibility index (Phi) is 4.94. The fourth-order valence-electron chi connectivity index (χ4n) is 1.98. The zero-order valence-electron chi connectivity index (χ0n) is 11.3. The molecule has 21 heavy (non-hydrogen) atoms. The topological polar surface area (TPSA) is 99.1 Å². The highest BCUT2D eigenvalue weighted by Crippen LogP contribution is 2.23. The second-order valence-corrected chi connectivity index (χ2v) is 6.27. The summed E-state index contributed by atoms with van der Waals surface area (Å²) in [6.07, 6.45) is -1.94. The number of esters is 1. The molecular weight excluding hydrogens is 300 g/mol. The number of hydrogen-bond donors (Lipinski definition) is 1. The van der Waals surface area contributed by atoms with E-state index in [4.69, 9.17) is 13.7 Å². The molecule has 7 nitrogen and oxygen atoms in total. The van der Waals surface area contributed by atoms with E-state index in [0.29, 0.717) is 5.56 Å². The summed E-state index contributed by atoms with van der Waals surface area (Å²) in [5, 5.41) is 9.41. The monoisotopic (exact) mass is 316 g/mol. The quantitative estimate of drug-likeness (QED) is 0.616. The van der Waals surface area contributed by atoms with Crippen LogP contribution in [0.1, 0.15) is 16.8 Å². The van der Waals surface area contributed by atoms with Gasteiger partial charge in [-0.05, 0) is 12.1 Å². The molecule has 1 N–H and O–H groups in total. The summed E-state index contributed by atoms with van der Waals surface area (Å²) in [5.41, 5.74) is 0.372. The van der Waals surface area contributed by atoms with Gasteiger partial charge in [0.05, 0.1) is 11.8 Å². The molecular formula is C13H16O7S. The molecule has 8 heteroatoms. The summed E-state index contributed by atoms with van der Waals surface area (Å²) >= 11 is 0. The average Bonchev–Trinajstić information content (AvgIpc) is 2.75. The van der Waals surface area contributed by atoms with E-state index in [1.165, 1.54) is 0 Å². The van der Waals surface area contributed by atoms with Gasteiger partial charge in [-0.2, -0.15) is 8.42 Å². The molecule has 1 aliphatic heterocycles. The lowest BCUT2D eigenvalue weighted by atomic mass is 10.2. The fraction of sp³-hybridized carbons (Fsp3) is 0.462. The van der Waals surface area contributed by atoms with Gasteiger partial charge in [-0.1, -0.05) is 18.2 Å². The van der Waals surface area contributed by atoms with E-state index in [9.17, 15) is 18.3 Å². The minimum absolute atomic E-state index is 0.000619. The Hall–Kier alpha value is -1.48. The minimum Gasteiger partial charge on any atom is -0.459 e. The van der Waals surface area contributed by atoms with E-state index in [-0.39, 0.29) is 13.0 Å². The molecule has 1 fully saturated rings. The van der Waals surface area contributed by atoms with Crippen molar-refractivity contribution in [2.24, 2.45) is 0 Å². The smallest absolute Gasteiger partial charge is 0.338 e. The third-order valence-corrected chi connectivity index (χ3v) is 3.46. The highest BCUT2D eigenvalue weighted by molar-refractivity contribution is 7.86. The third kappa shape index (κ3) is 4.78. The van der Waals surface area contributed by atoms with Gasteiger partial charge in [0, 0.05) is 6.42 Å². The third-order valence-electron chi connectivity index (χ3n) is 2.87. The maximum Gasteiger partial charge on any atom is 0.338 e. The normalized spacial score (nSPS) is 25.7. The molecule has 3 atom stereocenters. The summed E-state index contributed by atoms with van der Waals surface area (Å²) in [4.78, 5) is 11.8. The Labute approximate surface area is 122 Å². The van der Waals surface area contributed by atoms with Crippen LogP contribution in [0.4, 0.5) is 0 Å². The molecule has 1 aliphatic rings. The zero-order chi connectivity index (χ0) is 15.5. The number of rotatable bonds is 5. The van der Waals surface area contributed by atoms with Gasteiger partial charge in [-0.3, -0.25) is 4.18 Å². The molecule has 0 aliphatic carbocycles. The minimum atomic E-state index is -3.69. The molecule has 1 saturated heterocycles. The second kappa shape index (κ2) is 6.52. The Morgan fingerprint density at radius 1 is 1.38 bits per heavy atom. The molecule has 1 aromatic carbocycles. The van der Waals surface area contributed by atoms with Gasteiger partial charge in [0.2, 0.25) is 0 Å². The summed E-state index contributed by atoms with van der Waals surface area (Å²) in [7, 11) is -3.69. The average molecular weight is 316 g/mol. The molecule has 116 valence electrons. The molecule has 1 unspecified atom stereocenters. The Balaban J connectivity index is 1.93. The molecule has 0 aromatic heterocycles. The zero-order valence-corrected chi connectivity index (χ0v) is 12.2. The van der Waals surface area contributed by atoms with Crippen molar-refractivity contribution in [2.45, 2.75) is 24.9 Å². The van der Waals surface area contributed by atoms with E-state index in [1.54, 1.807) is 30.3 Å². The lowest BCUT2D eigenvalue weighted by Gasteiger charge is -2.17. The van der Waals surface area contributed by atoms with Gasteiger partial charge in [-0.25, -0.2) is 4.79 Å². The highest BCUT2D eigenvalue weighted by Gasteiger charge is 2.38. The number of carbonyl (C=O) groups excluding carboxylic acids is 1. The molecule has 0 spiro atoms. The molecule has 2 rings (SSSR count). The largest absolute Gasteiger partial charge is 0.459 e. The van der Waals surface area contributed by atoms with Gasteiger partial charge in [0.1, 0.15) is 18.8 Å². The first-order chi connectivity index (χ1) is 9.85. The second-order valence-electron chi connectivity index (χ2n) is 4.67. The molecule has 1 aromatic rings. The van der Waals surface area contributed by atoms with E-state index in [1.807, 2.05) is 0 Å². The van der Waals surface area contributed by atoms with Crippen molar-refractivity contribution in [3.05, 3.63) is 35.9 Å². The maximum atomic E-state index is 11.8. The summed E-state index contributed by atoms with van der Waals surface area (Å²) < 4.78 is 37.2. The van der Waals surface area contributed by atoms with Crippen LogP contribution in [-0.2, 0) is 23.8 Å². The van der Waals surface area contributed by atoms with Crippen molar-refractivity contribution >= 4 is 16.1 Å².